The van der Waals surface area contributed by atoms with Crippen LogP contribution in [0.25, 0.3) is 0 Å². The highest BCUT2D eigenvalue weighted by Gasteiger charge is 2.33. The molecule has 11 heavy (non-hydrogen) atoms. The van der Waals surface area contributed by atoms with Crippen molar-refractivity contribution in [2.45, 2.75) is 38.5 Å². The van der Waals surface area contributed by atoms with Crippen LogP contribution in [0, 0.1) is 17.8 Å². The average molecular weight is 154 g/mol. The molecule has 2 rings (SSSR count). The van der Waals surface area contributed by atoms with Crippen LogP contribution in [-0.2, 0) is 0 Å². The Morgan fingerprint density at radius 3 is 1.64 bits per heavy atom. The molecule has 2 fully saturated rings. The SMILES string of the molecule is OCC1CCC(C2CC2)CC1. The summed E-state index contributed by atoms with van der Waals surface area (Å²) >= 11 is 0. The normalized spacial score (nSPS) is 39.0. The smallest absolute Gasteiger partial charge is 0.0459 e. The quantitative estimate of drug-likeness (QED) is 0.646. The highest BCUT2D eigenvalue weighted by atomic mass is 16.3. The first-order valence-electron chi connectivity index (χ1n) is 5.01. The molecule has 0 atom stereocenters. The van der Waals surface area contributed by atoms with E-state index in [4.69, 9.17) is 5.11 Å². The Kier molecular flexibility index (Phi) is 2.17. The predicted molar refractivity (Wildman–Crippen MR) is 45.3 cm³/mol. The van der Waals surface area contributed by atoms with Gasteiger partial charge in [-0.2, -0.15) is 0 Å². The fourth-order valence-corrected chi connectivity index (χ4v) is 2.41. The lowest BCUT2D eigenvalue weighted by Gasteiger charge is -2.26. The summed E-state index contributed by atoms with van der Waals surface area (Å²) in [6.45, 7) is 0.428. The van der Waals surface area contributed by atoms with Gasteiger partial charge in [0.15, 0.2) is 0 Å². The largest absolute Gasteiger partial charge is 0.396 e. The minimum absolute atomic E-state index is 0.428. The number of hydrogen-bond donors (Lipinski definition) is 1. The van der Waals surface area contributed by atoms with Crippen molar-refractivity contribution in [3.63, 3.8) is 0 Å². The van der Waals surface area contributed by atoms with E-state index in [9.17, 15) is 0 Å². The van der Waals surface area contributed by atoms with Crippen molar-refractivity contribution >= 4 is 0 Å². The number of aliphatic hydroxyl groups excluding tert-OH is 1. The van der Waals surface area contributed by atoms with Crippen molar-refractivity contribution in [3.05, 3.63) is 0 Å². The van der Waals surface area contributed by atoms with E-state index in [1.165, 1.54) is 38.5 Å². The fourth-order valence-electron chi connectivity index (χ4n) is 2.41. The molecule has 0 aromatic heterocycles. The first kappa shape index (κ1) is 7.60. The zero-order valence-corrected chi connectivity index (χ0v) is 7.13. The maximum atomic E-state index is 8.93. The van der Waals surface area contributed by atoms with Crippen LogP contribution in [-0.4, -0.2) is 11.7 Å². The van der Waals surface area contributed by atoms with E-state index in [1.54, 1.807) is 0 Å². The van der Waals surface area contributed by atoms with E-state index in [0.29, 0.717) is 12.5 Å². The van der Waals surface area contributed by atoms with Gasteiger partial charge in [0.2, 0.25) is 0 Å². The topological polar surface area (TPSA) is 20.2 Å². The second kappa shape index (κ2) is 3.14. The van der Waals surface area contributed by atoms with Crippen molar-refractivity contribution in [1.29, 1.82) is 0 Å². The van der Waals surface area contributed by atoms with Crippen LogP contribution < -0.4 is 0 Å². The predicted octanol–water partition coefficient (Wildman–Crippen LogP) is 2.20. The van der Waals surface area contributed by atoms with Crippen LogP contribution in [0.4, 0.5) is 0 Å². The third-order valence-corrected chi connectivity index (χ3v) is 3.44. The first-order chi connectivity index (χ1) is 5.40. The fraction of sp³-hybridized carbons (Fsp3) is 1.00. The number of rotatable bonds is 2. The summed E-state index contributed by atoms with van der Waals surface area (Å²) in [5, 5.41) is 8.93. The Morgan fingerprint density at radius 1 is 0.818 bits per heavy atom. The summed E-state index contributed by atoms with van der Waals surface area (Å²) in [7, 11) is 0. The third-order valence-electron chi connectivity index (χ3n) is 3.44. The lowest BCUT2D eigenvalue weighted by Crippen LogP contribution is -2.18. The summed E-state index contributed by atoms with van der Waals surface area (Å²) in [6.07, 6.45) is 8.37. The molecule has 2 aliphatic rings. The summed E-state index contributed by atoms with van der Waals surface area (Å²) < 4.78 is 0. The van der Waals surface area contributed by atoms with Crippen molar-refractivity contribution in [2.75, 3.05) is 6.61 Å². The number of aliphatic hydroxyl groups is 1. The second-order valence-electron chi connectivity index (χ2n) is 4.30. The van der Waals surface area contributed by atoms with E-state index >= 15 is 0 Å². The summed E-state index contributed by atoms with van der Waals surface area (Å²) in [5.41, 5.74) is 0. The van der Waals surface area contributed by atoms with Crippen molar-refractivity contribution in [2.24, 2.45) is 17.8 Å². The molecule has 0 unspecified atom stereocenters. The Bertz CT molecular complexity index is 121. The minimum Gasteiger partial charge on any atom is -0.396 e. The zero-order valence-electron chi connectivity index (χ0n) is 7.13. The van der Waals surface area contributed by atoms with E-state index in [-0.39, 0.29) is 0 Å². The van der Waals surface area contributed by atoms with Gasteiger partial charge in [0.25, 0.3) is 0 Å². The van der Waals surface area contributed by atoms with Crippen LogP contribution in [0.15, 0.2) is 0 Å². The van der Waals surface area contributed by atoms with Gasteiger partial charge in [0.1, 0.15) is 0 Å². The Hall–Kier alpha value is -0.0400. The zero-order chi connectivity index (χ0) is 7.68. The Balaban J connectivity index is 1.75. The molecule has 2 saturated carbocycles. The standard InChI is InChI=1S/C10H18O/c11-7-8-1-3-9(4-2-8)10-5-6-10/h8-11H,1-7H2. The van der Waals surface area contributed by atoms with Gasteiger partial charge >= 0.3 is 0 Å². The van der Waals surface area contributed by atoms with Crippen molar-refractivity contribution < 1.29 is 5.11 Å². The lowest BCUT2D eigenvalue weighted by atomic mass is 9.80. The molecule has 64 valence electrons. The van der Waals surface area contributed by atoms with Gasteiger partial charge in [-0.3, -0.25) is 0 Å². The van der Waals surface area contributed by atoms with Crippen LogP contribution >= 0.6 is 0 Å². The molecule has 1 N–H and O–H groups in total. The van der Waals surface area contributed by atoms with Crippen LogP contribution in [0.2, 0.25) is 0 Å². The van der Waals surface area contributed by atoms with Crippen molar-refractivity contribution in [3.8, 4) is 0 Å². The number of hydrogen-bond acceptors (Lipinski definition) is 1. The summed E-state index contributed by atoms with van der Waals surface area (Å²) in [4.78, 5) is 0. The van der Waals surface area contributed by atoms with E-state index in [0.717, 1.165) is 11.8 Å². The van der Waals surface area contributed by atoms with Crippen LogP contribution in [0.1, 0.15) is 38.5 Å². The second-order valence-corrected chi connectivity index (χ2v) is 4.30. The maximum absolute atomic E-state index is 8.93. The maximum Gasteiger partial charge on any atom is 0.0459 e. The molecule has 0 radical (unpaired) electrons. The van der Waals surface area contributed by atoms with Gasteiger partial charge in [0.05, 0.1) is 0 Å². The summed E-state index contributed by atoms with van der Waals surface area (Å²) in [5.74, 6) is 2.78. The molecule has 0 aromatic carbocycles. The molecule has 2 aliphatic carbocycles. The molecular weight excluding hydrogens is 136 g/mol. The molecule has 1 nitrogen and oxygen atoms in total. The monoisotopic (exact) mass is 154 g/mol. The molecule has 1 heteroatoms. The molecule has 0 saturated heterocycles. The molecule has 0 amide bonds. The molecule has 0 aromatic rings. The molecule has 0 heterocycles. The van der Waals surface area contributed by atoms with Gasteiger partial charge in [-0.25, -0.2) is 0 Å². The van der Waals surface area contributed by atoms with Gasteiger partial charge in [-0.05, 0) is 56.3 Å². The molecule has 0 bridgehead atoms. The highest BCUT2D eigenvalue weighted by Crippen LogP contribution is 2.44. The van der Waals surface area contributed by atoms with Gasteiger partial charge in [-0.1, -0.05) is 0 Å². The minimum atomic E-state index is 0.428. The molecular formula is C10H18O. The highest BCUT2D eigenvalue weighted by molar-refractivity contribution is 4.84. The van der Waals surface area contributed by atoms with Crippen molar-refractivity contribution in [1.82, 2.24) is 0 Å². The van der Waals surface area contributed by atoms with E-state index < -0.39 is 0 Å². The van der Waals surface area contributed by atoms with E-state index in [2.05, 4.69) is 0 Å². The Labute approximate surface area is 68.8 Å². The van der Waals surface area contributed by atoms with Gasteiger partial charge < -0.3 is 5.11 Å². The van der Waals surface area contributed by atoms with E-state index in [1.807, 2.05) is 0 Å². The van der Waals surface area contributed by atoms with Gasteiger partial charge in [0, 0.05) is 6.61 Å². The van der Waals surface area contributed by atoms with Crippen LogP contribution in [0.5, 0.6) is 0 Å². The third kappa shape index (κ3) is 1.76. The molecule has 0 aliphatic heterocycles. The Morgan fingerprint density at radius 2 is 1.27 bits per heavy atom. The molecule has 0 spiro atoms. The summed E-state index contributed by atoms with van der Waals surface area (Å²) in [6, 6.07) is 0. The average Bonchev–Trinajstić information content (AvgIpc) is 2.87. The first-order valence-corrected chi connectivity index (χ1v) is 5.01. The lowest BCUT2D eigenvalue weighted by molar-refractivity contribution is 0.160. The van der Waals surface area contributed by atoms with Crippen LogP contribution in [0.3, 0.4) is 0 Å². The van der Waals surface area contributed by atoms with Gasteiger partial charge in [-0.15, -0.1) is 0 Å².